The van der Waals surface area contributed by atoms with Gasteiger partial charge >= 0.3 is 0 Å². The molecule has 0 aliphatic heterocycles. The summed E-state index contributed by atoms with van der Waals surface area (Å²) in [6, 6.07) is 0. The molecule has 0 aliphatic carbocycles. The van der Waals surface area contributed by atoms with Gasteiger partial charge in [0, 0.05) is 26.5 Å². The van der Waals surface area contributed by atoms with E-state index in [-0.39, 0.29) is 0 Å². The van der Waals surface area contributed by atoms with E-state index in [4.69, 9.17) is 0 Å². The summed E-state index contributed by atoms with van der Waals surface area (Å²) in [5, 5.41) is 2.90. The molecule has 0 radical (unpaired) electrons. The average molecular weight is 112 g/mol. The van der Waals surface area contributed by atoms with E-state index in [0.29, 0.717) is 0 Å². The van der Waals surface area contributed by atoms with Crippen molar-refractivity contribution in [3.63, 3.8) is 0 Å². The first-order valence-electron chi connectivity index (χ1n) is 2.57. The SMILES string of the molecule is CN=C/C(C)=C/NC. The summed E-state index contributed by atoms with van der Waals surface area (Å²) in [6.45, 7) is 1.99. The van der Waals surface area contributed by atoms with E-state index in [2.05, 4.69) is 10.3 Å². The molecule has 1 N–H and O–H groups in total. The zero-order chi connectivity index (χ0) is 6.41. The van der Waals surface area contributed by atoms with E-state index in [1.54, 1.807) is 13.3 Å². The molecule has 0 heterocycles. The van der Waals surface area contributed by atoms with Gasteiger partial charge in [-0.15, -0.1) is 0 Å². The minimum absolute atomic E-state index is 1.13. The van der Waals surface area contributed by atoms with Gasteiger partial charge in [-0.2, -0.15) is 0 Å². The van der Waals surface area contributed by atoms with Crippen LogP contribution < -0.4 is 5.32 Å². The lowest BCUT2D eigenvalue weighted by molar-refractivity contribution is 1.09. The minimum Gasteiger partial charge on any atom is -0.394 e. The molecular weight excluding hydrogens is 100 g/mol. The van der Waals surface area contributed by atoms with Gasteiger partial charge in [-0.05, 0) is 12.5 Å². The lowest BCUT2D eigenvalue weighted by Gasteiger charge is -1.87. The highest BCUT2D eigenvalue weighted by Crippen LogP contribution is 1.81. The average Bonchev–Trinajstić information content (AvgIpc) is 1.68. The van der Waals surface area contributed by atoms with Crippen LogP contribution in [0.2, 0.25) is 0 Å². The molecule has 0 fully saturated rings. The Morgan fingerprint density at radius 3 is 2.62 bits per heavy atom. The van der Waals surface area contributed by atoms with Crippen LogP contribution in [-0.2, 0) is 0 Å². The van der Waals surface area contributed by atoms with Crippen LogP contribution in [0.1, 0.15) is 6.92 Å². The van der Waals surface area contributed by atoms with Crippen LogP contribution >= 0.6 is 0 Å². The molecule has 0 bridgehead atoms. The predicted molar refractivity (Wildman–Crippen MR) is 37.2 cm³/mol. The Morgan fingerprint density at radius 1 is 1.62 bits per heavy atom. The van der Waals surface area contributed by atoms with Crippen molar-refractivity contribution in [3.8, 4) is 0 Å². The summed E-state index contributed by atoms with van der Waals surface area (Å²) in [5.74, 6) is 0. The topological polar surface area (TPSA) is 24.4 Å². The number of nitrogens with one attached hydrogen (secondary N) is 1. The highest BCUT2D eigenvalue weighted by Gasteiger charge is 1.74. The standard InChI is InChI=1S/C6H12N2/c1-6(4-7-2)5-8-3/h4-5,7H,1-3H3/b6-4+,8-5?. The molecule has 2 nitrogen and oxygen atoms in total. The first-order chi connectivity index (χ1) is 3.81. The van der Waals surface area contributed by atoms with Crippen LogP contribution in [0.25, 0.3) is 0 Å². The maximum atomic E-state index is 3.82. The second-order valence-electron chi connectivity index (χ2n) is 1.56. The van der Waals surface area contributed by atoms with Crippen molar-refractivity contribution >= 4 is 6.21 Å². The van der Waals surface area contributed by atoms with Crippen LogP contribution in [0, 0.1) is 0 Å². The Bertz CT molecular complexity index is 103. The summed E-state index contributed by atoms with van der Waals surface area (Å²) in [5.41, 5.74) is 1.13. The molecule has 0 aromatic carbocycles. The summed E-state index contributed by atoms with van der Waals surface area (Å²) in [7, 11) is 3.62. The number of allylic oxidation sites excluding steroid dienone is 1. The van der Waals surface area contributed by atoms with Crippen LogP contribution in [0.5, 0.6) is 0 Å². The Balaban J connectivity index is 3.61. The Morgan fingerprint density at radius 2 is 2.25 bits per heavy atom. The second-order valence-corrected chi connectivity index (χ2v) is 1.56. The molecule has 0 saturated heterocycles. The summed E-state index contributed by atoms with van der Waals surface area (Å²) in [4.78, 5) is 3.82. The summed E-state index contributed by atoms with van der Waals surface area (Å²) >= 11 is 0. The molecule has 0 saturated carbocycles. The van der Waals surface area contributed by atoms with Crippen LogP contribution in [0.4, 0.5) is 0 Å². The monoisotopic (exact) mass is 112 g/mol. The van der Waals surface area contributed by atoms with Crippen molar-refractivity contribution in [2.75, 3.05) is 14.1 Å². The normalized spacial score (nSPS) is 12.6. The molecule has 2 heteroatoms. The zero-order valence-corrected chi connectivity index (χ0v) is 5.60. The molecular formula is C6H12N2. The second kappa shape index (κ2) is 4.37. The first kappa shape index (κ1) is 7.21. The molecule has 0 atom stereocenters. The minimum atomic E-state index is 1.13. The van der Waals surface area contributed by atoms with E-state index in [1.165, 1.54) is 0 Å². The van der Waals surface area contributed by atoms with E-state index < -0.39 is 0 Å². The van der Waals surface area contributed by atoms with Gasteiger partial charge in [0.1, 0.15) is 0 Å². The molecule has 0 aromatic heterocycles. The van der Waals surface area contributed by atoms with Gasteiger partial charge in [0.15, 0.2) is 0 Å². The molecule has 0 amide bonds. The third kappa shape index (κ3) is 3.40. The fraction of sp³-hybridized carbons (Fsp3) is 0.500. The number of rotatable bonds is 2. The van der Waals surface area contributed by atoms with E-state index in [1.807, 2.05) is 20.2 Å². The van der Waals surface area contributed by atoms with Gasteiger partial charge in [0.2, 0.25) is 0 Å². The molecule has 0 unspecified atom stereocenters. The predicted octanol–water partition coefficient (Wildman–Crippen LogP) is 0.810. The van der Waals surface area contributed by atoms with E-state index in [0.717, 1.165) is 5.57 Å². The Kier molecular flexibility index (Phi) is 3.94. The van der Waals surface area contributed by atoms with Gasteiger partial charge in [-0.25, -0.2) is 0 Å². The summed E-state index contributed by atoms with van der Waals surface area (Å²) < 4.78 is 0. The molecule has 0 spiro atoms. The van der Waals surface area contributed by atoms with Crippen molar-refractivity contribution in [2.45, 2.75) is 6.92 Å². The fourth-order valence-corrected chi connectivity index (χ4v) is 0.469. The van der Waals surface area contributed by atoms with Crippen molar-refractivity contribution < 1.29 is 0 Å². The Hall–Kier alpha value is -0.790. The van der Waals surface area contributed by atoms with Crippen LogP contribution in [0.15, 0.2) is 16.8 Å². The molecule has 46 valence electrons. The Labute approximate surface area is 50.3 Å². The zero-order valence-electron chi connectivity index (χ0n) is 5.60. The van der Waals surface area contributed by atoms with Gasteiger partial charge in [-0.1, -0.05) is 0 Å². The number of hydrogen-bond acceptors (Lipinski definition) is 2. The molecule has 0 aromatic rings. The van der Waals surface area contributed by atoms with Crippen LogP contribution in [-0.4, -0.2) is 20.3 Å². The van der Waals surface area contributed by atoms with Crippen molar-refractivity contribution in [2.24, 2.45) is 4.99 Å². The van der Waals surface area contributed by atoms with Crippen molar-refractivity contribution in [3.05, 3.63) is 11.8 Å². The third-order valence-corrected chi connectivity index (χ3v) is 0.705. The maximum Gasteiger partial charge on any atom is 0.0277 e. The first-order valence-corrected chi connectivity index (χ1v) is 2.57. The lowest BCUT2D eigenvalue weighted by Crippen LogP contribution is -1.94. The van der Waals surface area contributed by atoms with E-state index >= 15 is 0 Å². The van der Waals surface area contributed by atoms with Crippen LogP contribution in [0.3, 0.4) is 0 Å². The maximum absolute atomic E-state index is 3.82. The van der Waals surface area contributed by atoms with Gasteiger partial charge in [0.25, 0.3) is 0 Å². The third-order valence-electron chi connectivity index (χ3n) is 0.705. The highest BCUT2D eigenvalue weighted by atomic mass is 14.8. The number of hydrogen-bond donors (Lipinski definition) is 1. The molecule has 8 heavy (non-hydrogen) atoms. The lowest BCUT2D eigenvalue weighted by atomic mass is 10.4. The smallest absolute Gasteiger partial charge is 0.0277 e. The number of aliphatic imine (C=N–C) groups is 1. The van der Waals surface area contributed by atoms with Crippen molar-refractivity contribution in [1.29, 1.82) is 0 Å². The molecule has 0 rings (SSSR count). The summed E-state index contributed by atoms with van der Waals surface area (Å²) in [6.07, 6.45) is 3.70. The van der Waals surface area contributed by atoms with Gasteiger partial charge in [-0.3, -0.25) is 4.99 Å². The van der Waals surface area contributed by atoms with E-state index in [9.17, 15) is 0 Å². The fourth-order valence-electron chi connectivity index (χ4n) is 0.469. The van der Waals surface area contributed by atoms with Gasteiger partial charge in [0.05, 0.1) is 0 Å². The number of nitrogens with zero attached hydrogens (tertiary/aromatic N) is 1. The van der Waals surface area contributed by atoms with Gasteiger partial charge < -0.3 is 5.32 Å². The quantitative estimate of drug-likeness (QED) is 0.525. The highest BCUT2D eigenvalue weighted by molar-refractivity contribution is 5.77. The largest absolute Gasteiger partial charge is 0.394 e. The molecule has 0 aliphatic rings. The van der Waals surface area contributed by atoms with Crippen molar-refractivity contribution in [1.82, 2.24) is 5.32 Å².